The Bertz CT molecular complexity index is 821. The molecule has 1 atom stereocenters. The van der Waals surface area contributed by atoms with Crippen LogP contribution in [-0.4, -0.2) is 5.97 Å². The highest BCUT2D eigenvalue weighted by molar-refractivity contribution is 6.30. The first-order valence-corrected chi connectivity index (χ1v) is 10.1. The Hall–Kier alpha value is -2.58. The van der Waals surface area contributed by atoms with Crippen LogP contribution in [0.4, 0.5) is 0 Å². The molecule has 0 N–H and O–H groups in total. The summed E-state index contributed by atoms with van der Waals surface area (Å²) in [5.41, 5.74) is 2.88. The minimum Gasteiger partial charge on any atom is -0.452 e. The topological polar surface area (TPSA) is 26.3 Å². The maximum absolute atomic E-state index is 13.2. The van der Waals surface area contributed by atoms with Gasteiger partial charge < -0.3 is 4.74 Å². The van der Waals surface area contributed by atoms with E-state index in [9.17, 15) is 4.79 Å². The van der Waals surface area contributed by atoms with Crippen LogP contribution in [0.15, 0.2) is 84.9 Å². The van der Waals surface area contributed by atoms with Gasteiger partial charge in [0, 0.05) is 5.02 Å². The second-order valence-electron chi connectivity index (χ2n) is 6.88. The van der Waals surface area contributed by atoms with Crippen molar-refractivity contribution >= 4 is 17.6 Å². The van der Waals surface area contributed by atoms with Crippen molar-refractivity contribution in [2.75, 3.05) is 0 Å². The SMILES string of the molecule is CCCC[C@@H](C(=O)OC(c1ccccc1)c1ccccc1)c1ccc(Cl)cc1. The number of hydrogen-bond acceptors (Lipinski definition) is 2. The largest absolute Gasteiger partial charge is 0.452 e. The summed E-state index contributed by atoms with van der Waals surface area (Å²) in [6.07, 6.45) is 2.32. The summed E-state index contributed by atoms with van der Waals surface area (Å²) < 4.78 is 6.09. The summed E-state index contributed by atoms with van der Waals surface area (Å²) in [5, 5.41) is 0.665. The predicted octanol–water partition coefficient (Wildman–Crippen LogP) is 6.95. The molecule has 0 aliphatic carbocycles. The third-order valence-electron chi connectivity index (χ3n) is 4.84. The molecule has 0 bridgehead atoms. The van der Waals surface area contributed by atoms with Gasteiger partial charge in [0.15, 0.2) is 6.10 Å². The molecule has 2 nitrogen and oxygen atoms in total. The molecule has 0 fully saturated rings. The normalized spacial score (nSPS) is 12.0. The molecule has 0 aromatic heterocycles. The molecule has 3 rings (SSSR count). The van der Waals surface area contributed by atoms with Crippen LogP contribution in [0.5, 0.6) is 0 Å². The number of carbonyl (C=O) groups is 1. The lowest BCUT2D eigenvalue weighted by Gasteiger charge is -2.23. The maximum atomic E-state index is 13.2. The molecule has 0 aliphatic heterocycles. The highest BCUT2D eigenvalue weighted by Crippen LogP contribution is 2.31. The lowest BCUT2D eigenvalue weighted by Crippen LogP contribution is -2.20. The van der Waals surface area contributed by atoms with E-state index < -0.39 is 6.10 Å². The highest BCUT2D eigenvalue weighted by atomic mass is 35.5. The minimum absolute atomic E-state index is 0.200. The number of ether oxygens (including phenoxy) is 1. The zero-order chi connectivity index (χ0) is 19.8. The molecule has 0 saturated heterocycles. The summed E-state index contributed by atoms with van der Waals surface area (Å²) in [5.74, 6) is -0.499. The Morgan fingerprint density at radius 2 is 1.36 bits per heavy atom. The van der Waals surface area contributed by atoms with Gasteiger partial charge in [-0.05, 0) is 35.2 Å². The standard InChI is InChI=1S/C25H25ClO2/c1-2-3-14-23(19-15-17-22(26)18-16-19)25(27)28-24(20-10-6-4-7-11-20)21-12-8-5-9-13-21/h4-13,15-18,23-24H,2-3,14H2,1H3/t23-/m1/s1. The van der Waals surface area contributed by atoms with Crippen molar-refractivity contribution in [2.24, 2.45) is 0 Å². The van der Waals surface area contributed by atoms with Crippen molar-refractivity contribution in [1.82, 2.24) is 0 Å². The predicted molar refractivity (Wildman–Crippen MR) is 115 cm³/mol. The average Bonchev–Trinajstić information content (AvgIpc) is 2.74. The van der Waals surface area contributed by atoms with Gasteiger partial charge in [-0.2, -0.15) is 0 Å². The van der Waals surface area contributed by atoms with Crippen LogP contribution in [0.2, 0.25) is 5.02 Å². The molecule has 0 heterocycles. The van der Waals surface area contributed by atoms with Gasteiger partial charge in [-0.3, -0.25) is 4.79 Å². The Morgan fingerprint density at radius 3 is 1.86 bits per heavy atom. The van der Waals surface area contributed by atoms with Crippen molar-refractivity contribution < 1.29 is 9.53 Å². The molecule has 0 radical (unpaired) electrons. The fourth-order valence-corrected chi connectivity index (χ4v) is 3.43. The molecule has 3 aromatic carbocycles. The van der Waals surface area contributed by atoms with Gasteiger partial charge in [0.1, 0.15) is 0 Å². The zero-order valence-electron chi connectivity index (χ0n) is 16.1. The number of unbranched alkanes of at least 4 members (excludes halogenated alkanes) is 1. The second-order valence-corrected chi connectivity index (χ2v) is 7.32. The van der Waals surface area contributed by atoms with Crippen LogP contribution in [0.1, 0.15) is 54.9 Å². The van der Waals surface area contributed by atoms with Crippen molar-refractivity contribution in [1.29, 1.82) is 0 Å². The van der Waals surface area contributed by atoms with Crippen LogP contribution in [0.25, 0.3) is 0 Å². The van der Waals surface area contributed by atoms with E-state index in [1.54, 1.807) is 0 Å². The molecule has 0 spiro atoms. The van der Waals surface area contributed by atoms with Crippen molar-refractivity contribution in [3.8, 4) is 0 Å². The summed E-state index contributed by atoms with van der Waals surface area (Å²) in [6.45, 7) is 2.13. The third-order valence-corrected chi connectivity index (χ3v) is 5.09. The quantitative estimate of drug-likeness (QED) is 0.388. The van der Waals surface area contributed by atoms with Crippen LogP contribution >= 0.6 is 11.6 Å². The third kappa shape index (κ3) is 5.24. The van der Waals surface area contributed by atoms with Crippen LogP contribution in [-0.2, 0) is 9.53 Å². The van der Waals surface area contributed by atoms with Gasteiger partial charge in [0.2, 0.25) is 0 Å². The maximum Gasteiger partial charge on any atom is 0.314 e. The smallest absolute Gasteiger partial charge is 0.314 e. The van der Waals surface area contributed by atoms with Crippen LogP contribution < -0.4 is 0 Å². The van der Waals surface area contributed by atoms with Gasteiger partial charge in [0.25, 0.3) is 0 Å². The molecule has 0 amide bonds. The van der Waals surface area contributed by atoms with Crippen molar-refractivity contribution in [3.63, 3.8) is 0 Å². The van der Waals surface area contributed by atoms with Gasteiger partial charge in [-0.15, -0.1) is 0 Å². The fourth-order valence-electron chi connectivity index (χ4n) is 3.31. The van der Waals surface area contributed by atoms with E-state index in [1.807, 2.05) is 84.9 Å². The van der Waals surface area contributed by atoms with E-state index in [4.69, 9.17) is 16.3 Å². The first-order valence-electron chi connectivity index (χ1n) is 9.75. The zero-order valence-corrected chi connectivity index (χ0v) is 16.8. The van der Waals surface area contributed by atoms with Crippen LogP contribution in [0.3, 0.4) is 0 Å². The van der Waals surface area contributed by atoms with E-state index >= 15 is 0 Å². The lowest BCUT2D eigenvalue weighted by molar-refractivity contribution is -0.149. The molecular formula is C25H25ClO2. The highest BCUT2D eigenvalue weighted by Gasteiger charge is 2.26. The van der Waals surface area contributed by atoms with Gasteiger partial charge >= 0.3 is 5.97 Å². The molecule has 0 aliphatic rings. The second kappa shape index (κ2) is 10.1. The molecule has 0 unspecified atom stereocenters. The molecule has 3 aromatic rings. The van der Waals surface area contributed by atoms with Crippen molar-refractivity contribution in [2.45, 2.75) is 38.2 Å². The summed E-state index contributed by atoms with van der Waals surface area (Å²) in [6, 6.07) is 27.3. The molecular weight excluding hydrogens is 368 g/mol. The lowest BCUT2D eigenvalue weighted by atomic mass is 9.93. The monoisotopic (exact) mass is 392 g/mol. The summed E-state index contributed by atoms with van der Waals surface area (Å²) in [4.78, 5) is 13.2. The summed E-state index contributed by atoms with van der Waals surface area (Å²) in [7, 11) is 0. The molecule has 28 heavy (non-hydrogen) atoms. The van der Waals surface area contributed by atoms with Crippen LogP contribution in [0, 0.1) is 0 Å². The van der Waals surface area contributed by atoms with Gasteiger partial charge in [0.05, 0.1) is 5.92 Å². The van der Waals surface area contributed by atoms with Gasteiger partial charge in [-0.25, -0.2) is 0 Å². The number of rotatable bonds is 8. The molecule has 0 saturated carbocycles. The number of carbonyl (C=O) groups excluding carboxylic acids is 1. The Labute approximate surface area is 172 Å². The number of benzene rings is 3. The summed E-state index contributed by atoms with van der Waals surface area (Å²) >= 11 is 6.03. The molecule has 144 valence electrons. The van der Waals surface area contributed by atoms with E-state index in [-0.39, 0.29) is 11.9 Å². The number of hydrogen-bond donors (Lipinski definition) is 0. The Morgan fingerprint density at radius 1 is 0.821 bits per heavy atom. The Balaban J connectivity index is 1.89. The molecule has 3 heteroatoms. The van der Waals surface area contributed by atoms with Crippen molar-refractivity contribution in [3.05, 3.63) is 107 Å². The average molecular weight is 393 g/mol. The first-order chi connectivity index (χ1) is 13.7. The van der Waals surface area contributed by atoms with E-state index in [0.717, 1.165) is 36.0 Å². The van der Waals surface area contributed by atoms with Gasteiger partial charge in [-0.1, -0.05) is 104 Å². The van der Waals surface area contributed by atoms with E-state index in [0.29, 0.717) is 5.02 Å². The number of esters is 1. The fraction of sp³-hybridized carbons (Fsp3) is 0.240. The van der Waals surface area contributed by atoms with E-state index in [2.05, 4.69) is 6.92 Å². The first kappa shape index (κ1) is 20.2. The number of halogens is 1. The van der Waals surface area contributed by atoms with E-state index in [1.165, 1.54) is 0 Å². The minimum atomic E-state index is -0.425. The Kier molecular flexibility index (Phi) is 7.27.